The lowest BCUT2D eigenvalue weighted by Crippen LogP contribution is -2.43. The molecule has 7 nitrogen and oxygen atoms in total. The van der Waals surface area contributed by atoms with E-state index in [1.165, 1.54) is 0 Å². The van der Waals surface area contributed by atoms with Crippen molar-refractivity contribution in [3.05, 3.63) is 35.9 Å². The SMILES string of the molecule is CCOC(=O)C[C@H](NC(=O)OCc1ccccc1)C(=O)OCC. The maximum atomic E-state index is 11.8. The number of rotatable bonds is 8. The van der Waals surface area contributed by atoms with E-state index in [-0.39, 0.29) is 26.2 Å². The molecule has 1 rings (SSSR count). The first kappa shape index (κ1) is 18.5. The van der Waals surface area contributed by atoms with E-state index in [1.54, 1.807) is 26.0 Å². The number of esters is 2. The van der Waals surface area contributed by atoms with Crippen LogP contribution in [0.25, 0.3) is 0 Å². The number of ether oxygens (including phenoxy) is 3. The minimum Gasteiger partial charge on any atom is -0.466 e. The van der Waals surface area contributed by atoms with Crippen LogP contribution in [0.3, 0.4) is 0 Å². The van der Waals surface area contributed by atoms with Crippen LogP contribution in [-0.2, 0) is 30.4 Å². The van der Waals surface area contributed by atoms with Gasteiger partial charge in [0.1, 0.15) is 12.6 Å². The van der Waals surface area contributed by atoms with E-state index in [0.29, 0.717) is 0 Å². The fourth-order valence-corrected chi connectivity index (χ4v) is 1.73. The van der Waals surface area contributed by atoms with Gasteiger partial charge in [0, 0.05) is 0 Å². The van der Waals surface area contributed by atoms with Gasteiger partial charge in [-0.15, -0.1) is 0 Å². The zero-order valence-electron chi connectivity index (χ0n) is 13.2. The highest BCUT2D eigenvalue weighted by Gasteiger charge is 2.26. The second-order valence-electron chi connectivity index (χ2n) is 4.52. The predicted molar refractivity (Wildman–Crippen MR) is 81.4 cm³/mol. The normalized spacial score (nSPS) is 11.2. The van der Waals surface area contributed by atoms with Gasteiger partial charge in [-0.25, -0.2) is 9.59 Å². The molecule has 0 bridgehead atoms. The van der Waals surface area contributed by atoms with Crippen LogP contribution >= 0.6 is 0 Å². The average Bonchev–Trinajstić information content (AvgIpc) is 2.54. The molecule has 1 N–H and O–H groups in total. The summed E-state index contributed by atoms with van der Waals surface area (Å²) in [5.74, 6) is -1.31. The van der Waals surface area contributed by atoms with Gasteiger partial charge in [0.05, 0.1) is 19.6 Å². The summed E-state index contributed by atoms with van der Waals surface area (Å²) in [6.07, 6.45) is -1.12. The van der Waals surface area contributed by atoms with E-state index in [4.69, 9.17) is 14.2 Å². The predicted octanol–water partition coefficient (Wildman–Crippen LogP) is 1.80. The highest BCUT2D eigenvalue weighted by molar-refractivity contribution is 5.86. The van der Waals surface area contributed by atoms with E-state index in [0.717, 1.165) is 5.56 Å². The lowest BCUT2D eigenvalue weighted by atomic mass is 10.2. The lowest BCUT2D eigenvalue weighted by molar-refractivity contribution is -0.152. The summed E-state index contributed by atoms with van der Waals surface area (Å²) in [6, 6.07) is 7.94. The Balaban J connectivity index is 2.55. The van der Waals surface area contributed by atoms with E-state index >= 15 is 0 Å². The summed E-state index contributed by atoms with van der Waals surface area (Å²) >= 11 is 0. The maximum Gasteiger partial charge on any atom is 0.408 e. The third-order valence-electron chi connectivity index (χ3n) is 2.75. The fourth-order valence-electron chi connectivity index (χ4n) is 1.73. The molecule has 23 heavy (non-hydrogen) atoms. The third kappa shape index (κ3) is 7.30. The zero-order chi connectivity index (χ0) is 17.1. The van der Waals surface area contributed by atoms with Gasteiger partial charge in [-0.3, -0.25) is 4.79 Å². The Labute approximate surface area is 134 Å². The summed E-state index contributed by atoms with van der Waals surface area (Å²) < 4.78 is 14.6. The van der Waals surface area contributed by atoms with Crippen LogP contribution < -0.4 is 5.32 Å². The molecule has 0 unspecified atom stereocenters. The van der Waals surface area contributed by atoms with Crippen molar-refractivity contribution < 1.29 is 28.6 Å². The topological polar surface area (TPSA) is 90.9 Å². The Morgan fingerprint density at radius 3 is 2.26 bits per heavy atom. The Kier molecular flexibility index (Phi) is 8.20. The fraction of sp³-hybridized carbons (Fsp3) is 0.438. The van der Waals surface area contributed by atoms with Crippen molar-refractivity contribution in [3.63, 3.8) is 0 Å². The van der Waals surface area contributed by atoms with Gasteiger partial charge in [0.2, 0.25) is 0 Å². The first-order chi connectivity index (χ1) is 11.1. The van der Waals surface area contributed by atoms with Crippen LogP contribution in [0.1, 0.15) is 25.8 Å². The van der Waals surface area contributed by atoms with Gasteiger partial charge in [-0.1, -0.05) is 30.3 Å². The maximum absolute atomic E-state index is 11.8. The van der Waals surface area contributed by atoms with Gasteiger partial charge in [-0.2, -0.15) is 0 Å². The summed E-state index contributed by atoms with van der Waals surface area (Å²) in [5, 5.41) is 2.32. The number of alkyl carbamates (subject to hydrolysis) is 1. The number of carbonyl (C=O) groups is 3. The van der Waals surface area contributed by atoms with Crippen molar-refractivity contribution in [1.29, 1.82) is 0 Å². The van der Waals surface area contributed by atoms with Crippen molar-refractivity contribution in [2.75, 3.05) is 13.2 Å². The number of hydrogen-bond donors (Lipinski definition) is 1. The van der Waals surface area contributed by atoms with Crippen molar-refractivity contribution in [1.82, 2.24) is 5.32 Å². The Morgan fingerprint density at radius 1 is 1.00 bits per heavy atom. The molecule has 0 aromatic heterocycles. The monoisotopic (exact) mass is 323 g/mol. The van der Waals surface area contributed by atoms with Crippen LogP contribution in [-0.4, -0.2) is 37.3 Å². The Bertz CT molecular complexity index is 517. The molecule has 0 saturated heterocycles. The summed E-state index contributed by atoms with van der Waals surface area (Å²) in [4.78, 5) is 35.1. The standard InChI is InChI=1S/C16H21NO6/c1-3-21-14(18)10-13(15(19)22-4-2)17-16(20)23-11-12-8-6-5-7-9-12/h5-9,13H,3-4,10-11H2,1-2H3,(H,17,20)/t13-/m0/s1. The first-order valence-corrected chi connectivity index (χ1v) is 7.36. The Morgan fingerprint density at radius 2 is 1.65 bits per heavy atom. The Hall–Kier alpha value is -2.57. The van der Waals surface area contributed by atoms with Crippen LogP contribution in [0.4, 0.5) is 4.79 Å². The van der Waals surface area contributed by atoms with Crippen molar-refractivity contribution >= 4 is 18.0 Å². The number of carbonyl (C=O) groups excluding carboxylic acids is 3. The van der Waals surface area contributed by atoms with E-state index < -0.39 is 24.1 Å². The van der Waals surface area contributed by atoms with E-state index in [1.807, 2.05) is 18.2 Å². The molecule has 1 amide bonds. The molecule has 0 heterocycles. The van der Waals surface area contributed by atoms with Gasteiger partial charge >= 0.3 is 18.0 Å². The number of hydrogen-bond acceptors (Lipinski definition) is 6. The lowest BCUT2D eigenvalue weighted by Gasteiger charge is -2.16. The molecule has 0 aliphatic heterocycles. The molecule has 0 aliphatic carbocycles. The molecular formula is C16H21NO6. The van der Waals surface area contributed by atoms with Crippen LogP contribution in [0, 0.1) is 0 Å². The van der Waals surface area contributed by atoms with Gasteiger partial charge in [0.25, 0.3) is 0 Å². The smallest absolute Gasteiger partial charge is 0.408 e. The number of amides is 1. The highest BCUT2D eigenvalue weighted by Crippen LogP contribution is 2.03. The molecule has 126 valence electrons. The minimum atomic E-state index is -1.14. The van der Waals surface area contributed by atoms with Gasteiger partial charge in [-0.05, 0) is 19.4 Å². The van der Waals surface area contributed by atoms with Gasteiger partial charge in [0.15, 0.2) is 0 Å². The molecule has 0 radical (unpaired) electrons. The third-order valence-corrected chi connectivity index (χ3v) is 2.75. The molecule has 0 aliphatic rings. The van der Waals surface area contributed by atoms with Gasteiger partial charge < -0.3 is 19.5 Å². The van der Waals surface area contributed by atoms with Crippen molar-refractivity contribution in [3.8, 4) is 0 Å². The second-order valence-corrected chi connectivity index (χ2v) is 4.52. The molecule has 1 aromatic carbocycles. The minimum absolute atomic E-state index is 0.0572. The van der Waals surface area contributed by atoms with Crippen LogP contribution in [0.15, 0.2) is 30.3 Å². The molecule has 0 spiro atoms. The number of benzene rings is 1. The second kappa shape index (κ2) is 10.2. The quantitative estimate of drug-likeness (QED) is 0.579. The van der Waals surface area contributed by atoms with Crippen LogP contribution in [0.2, 0.25) is 0 Å². The summed E-state index contributed by atoms with van der Waals surface area (Å²) in [7, 11) is 0. The number of nitrogens with one attached hydrogen (secondary N) is 1. The summed E-state index contributed by atoms with van der Waals surface area (Å²) in [6.45, 7) is 3.67. The van der Waals surface area contributed by atoms with Crippen LogP contribution in [0.5, 0.6) is 0 Å². The zero-order valence-corrected chi connectivity index (χ0v) is 13.2. The summed E-state index contributed by atoms with van der Waals surface area (Å²) in [5.41, 5.74) is 0.806. The van der Waals surface area contributed by atoms with Crippen molar-refractivity contribution in [2.24, 2.45) is 0 Å². The largest absolute Gasteiger partial charge is 0.466 e. The molecule has 0 saturated carbocycles. The van der Waals surface area contributed by atoms with E-state index in [9.17, 15) is 14.4 Å². The highest BCUT2D eigenvalue weighted by atomic mass is 16.6. The molecular weight excluding hydrogens is 302 g/mol. The molecule has 0 fully saturated rings. The first-order valence-electron chi connectivity index (χ1n) is 7.36. The molecule has 7 heteroatoms. The molecule has 1 atom stereocenters. The average molecular weight is 323 g/mol. The molecule has 1 aromatic rings. The van der Waals surface area contributed by atoms with Crippen molar-refractivity contribution in [2.45, 2.75) is 32.9 Å². The van der Waals surface area contributed by atoms with E-state index in [2.05, 4.69) is 5.32 Å².